The van der Waals surface area contributed by atoms with Crippen LogP contribution in [0.25, 0.3) is 0 Å². The first-order valence-corrected chi connectivity index (χ1v) is 5.77. The van der Waals surface area contributed by atoms with E-state index in [1.807, 2.05) is 0 Å². The molecular formula is C12H18N2O5. The Labute approximate surface area is 111 Å². The van der Waals surface area contributed by atoms with Crippen molar-refractivity contribution in [2.24, 2.45) is 0 Å². The molecule has 1 aromatic heterocycles. The van der Waals surface area contributed by atoms with Gasteiger partial charge >= 0.3 is 0 Å². The first-order chi connectivity index (χ1) is 9.04. The van der Waals surface area contributed by atoms with E-state index in [1.165, 1.54) is 0 Å². The highest BCUT2D eigenvalue weighted by atomic mass is 16.5. The van der Waals surface area contributed by atoms with Crippen LogP contribution in [0.4, 0.5) is 0 Å². The molecule has 0 fully saturated rings. The molecule has 0 spiro atoms. The Bertz CT molecular complexity index is 441. The molecule has 0 aliphatic carbocycles. The van der Waals surface area contributed by atoms with Crippen LogP contribution in [-0.4, -0.2) is 38.7 Å². The van der Waals surface area contributed by atoms with E-state index in [2.05, 4.69) is 10.9 Å². The van der Waals surface area contributed by atoms with Gasteiger partial charge in [0.05, 0.1) is 18.8 Å². The summed E-state index contributed by atoms with van der Waals surface area (Å²) in [5.74, 6) is 0.263. The van der Waals surface area contributed by atoms with Crippen LogP contribution < -0.4 is 10.9 Å². The van der Waals surface area contributed by atoms with Gasteiger partial charge in [-0.3, -0.25) is 20.4 Å². The van der Waals surface area contributed by atoms with Gasteiger partial charge in [-0.1, -0.05) is 0 Å². The van der Waals surface area contributed by atoms with E-state index in [-0.39, 0.29) is 6.61 Å². The number of carbonyl (C=O) groups is 2. The average molecular weight is 270 g/mol. The number of nitrogens with one attached hydrogen (secondary N) is 2. The highest BCUT2D eigenvalue weighted by molar-refractivity contribution is 5.96. The van der Waals surface area contributed by atoms with E-state index in [1.54, 1.807) is 27.0 Å². The third-order valence-corrected chi connectivity index (χ3v) is 2.27. The number of methoxy groups -OCH3 is 1. The quantitative estimate of drug-likeness (QED) is 0.574. The van der Waals surface area contributed by atoms with Gasteiger partial charge in [-0.05, 0) is 19.9 Å². The molecule has 0 bridgehead atoms. The normalized spacial score (nSPS) is 10.3. The van der Waals surface area contributed by atoms with Crippen LogP contribution in [0.15, 0.2) is 10.5 Å². The van der Waals surface area contributed by atoms with Gasteiger partial charge in [0.2, 0.25) is 0 Å². The fourth-order valence-electron chi connectivity index (χ4n) is 1.39. The van der Waals surface area contributed by atoms with E-state index in [9.17, 15) is 9.59 Å². The first-order valence-electron chi connectivity index (χ1n) is 5.77. The van der Waals surface area contributed by atoms with E-state index < -0.39 is 11.8 Å². The second-order valence-corrected chi connectivity index (χ2v) is 3.87. The van der Waals surface area contributed by atoms with Crippen LogP contribution >= 0.6 is 0 Å². The topological polar surface area (TPSA) is 89.8 Å². The van der Waals surface area contributed by atoms with Gasteiger partial charge < -0.3 is 13.9 Å². The van der Waals surface area contributed by atoms with Crippen LogP contribution in [0.2, 0.25) is 0 Å². The SMILES string of the molecule is COCCOCC(=O)NNC(=O)c1cc(C)oc1C. The number of carbonyl (C=O) groups excluding carboxylic acids is 2. The molecule has 0 atom stereocenters. The molecule has 0 saturated carbocycles. The third kappa shape index (κ3) is 5.11. The lowest BCUT2D eigenvalue weighted by atomic mass is 10.2. The summed E-state index contributed by atoms with van der Waals surface area (Å²) >= 11 is 0. The van der Waals surface area contributed by atoms with Crippen LogP contribution in [-0.2, 0) is 14.3 Å². The fourth-order valence-corrected chi connectivity index (χ4v) is 1.39. The standard InChI is InChI=1S/C12H18N2O5/c1-8-6-10(9(2)19-8)12(16)14-13-11(15)7-18-5-4-17-3/h6H,4-5,7H2,1-3H3,(H,13,15)(H,14,16). The zero-order chi connectivity index (χ0) is 14.3. The lowest BCUT2D eigenvalue weighted by Gasteiger charge is -2.07. The van der Waals surface area contributed by atoms with Gasteiger partial charge in [0, 0.05) is 7.11 Å². The number of hydrazine groups is 1. The Kier molecular flexibility index (Phi) is 6.04. The molecule has 1 aromatic rings. The number of hydrogen-bond donors (Lipinski definition) is 2. The number of aryl methyl sites for hydroxylation is 2. The molecule has 7 nitrogen and oxygen atoms in total. The molecule has 1 rings (SSSR count). The van der Waals surface area contributed by atoms with Crippen LogP contribution in [0.3, 0.4) is 0 Å². The highest BCUT2D eigenvalue weighted by Crippen LogP contribution is 2.12. The van der Waals surface area contributed by atoms with Gasteiger partial charge in [-0.15, -0.1) is 0 Å². The largest absolute Gasteiger partial charge is 0.466 e. The summed E-state index contributed by atoms with van der Waals surface area (Å²) in [6.07, 6.45) is 0. The van der Waals surface area contributed by atoms with Gasteiger partial charge in [-0.2, -0.15) is 0 Å². The van der Waals surface area contributed by atoms with Gasteiger partial charge in [0.25, 0.3) is 11.8 Å². The zero-order valence-electron chi connectivity index (χ0n) is 11.2. The third-order valence-electron chi connectivity index (χ3n) is 2.27. The molecule has 7 heteroatoms. The molecule has 0 aliphatic heterocycles. The predicted octanol–water partition coefficient (Wildman–Crippen LogP) is 0.320. The Hall–Kier alpha value is -1.86. The molecule has 106 valence electrons. The molecular weight excluding hydrogens is 252 g/mol. The summed E-state index contributed by atoms with van der Waals surface area (Å²) in [4.78, 5) is 23.0. The molecule has 0 aliphatic rings. The molecule has 19 heavy (non-hydrogen) atoms. The van der Waals surface area contributed by atoms with Gasteiger partial charge in [0.1, 0.15) is 18.1 Å². The maximum atomic E-state index is 11.7. The van der Waals surface area contributed by atoms with Crippen LogP contribution in [0.5, 0.6) is 0 Å². The number of amides is 2. The molecule has 0 radical (unpaired) electrons. The maximum absolute atomic E-state index is 11.7. The second-order valence-electron chi connectivity index (χ2n) is 3.87. The Morgan fingerprint density at radius 2 is 2.00 bits per heavy atom. The lowest BCUT2D eigenvalue weighted by molar-refractivity contribution is -0.126. The number of ether oxygens (including phenoxy) is 2. The van der Waals surface area contributed by atoms with Crippen molar-refractivity contribution in [1.82, 2.24) is 10.9 Å². The summed E-state index contributed by atoms with van der Waals surface area (Å²) in [5, 5.41) is 0. The minimum absolute atomic E-state index is 0.146. The van der Waals surface area contributed by atoms with Crippen LogP contribution in [0.1, 0.15) is 21.9 Å². The van der Waals surface area contributed by atoms with Crippen molar-refractivity contribution >= 4 is 11.8 Å². The first kappa shape index (κ1) is 15.2. The van der Waals surface area contributed by atoms with Crippen LogP contribution in [0, 0.1) is 13.8 Å². The van der Waals surface area contributed by atoms with Crippen molar-refractivity contribution in [3.63, 3.8) is 0 Å². The monoisotopic (exact) mass is 270 g/mol. The van der Waals surface area contributed by atoms with Crippen molar-refractivity contribution in [1.29, 1.82) is 0 Å². The van der Waals surface area contributed by atoms with Crippen molar-refractivity contribution < 1.29 is 23.5 Å². The summed E-state index contributed by atoms with van der Waals surface area (Å²) in [7, 11) is 1.54. The second kappa shape index (κ2) is 7.55. The fraction of sp³-hybridized carbons (Fsp3) is 0.500. The molecule has 0 aromatic carbocycles. The average Bonchev–Trinajstić information content (AvgIpc) is 2.71. The zero-order valence-corrected chi connectivity index (χ0v) is 11.2. The van der Waals surface area contributed by atoms with E-state index in [0.717, 1.165) is 0 Å². The van der Waals surface area contributed by atoms with Crippen molar-refractivity contribution in [2.45, 2.75) is 13.8 Å². The predicted molar refractivity (Wildman–Crippen MR) is 66.5 cm³/mol. The Morgan fingerprint density at radius 1 is 1.26 bits per heavy atom. The minimum Gasteiger partial charge on any atom is -0.466 e. The molecule has 0 unspecified atom stereocenters. The van der Waals surface area contributed by atoms with Crippen molar-refractivity contribution in [2.75, 3.05) is 26.9 Å². The summed E-state index contributed by atoms with van der Waals surface area (Å²) in [5.41, 5.74) is 4.92. The summed E-state index contributed by atoms with van der Waals surface area (Å²) < 4.78 is 15.0. The smallest absolute Gasteiger partial charge is 0.273 e. The minimum atomic E-state index is -0.442. The lowest BCUT2D eigenvalue weighted by Crippen LogP contribution is -2.43. The molecule has 0 saturated heterocycles. The Balaban J connectivity index is 2.30. The number of furan rings is 1. The molecule has 2 amide bonds. The van der Waals surface area contributed by atoms with Crippen molar-refractivity contribution in [3.8, 4) is 0 Å². The maximum Gasteiger partial charge on any atom is 0.273 e. The van der Waals surface area contributed by atoms with E-state index in [4.69, 9.17) is 13.9 Å². The highest BCUT2D eigenvalue weighted by Gasteiger charge is 2.13. The van der Waals surface area contributed by atoms with Gasteiger partial charge in [-0.25, -0.2) is 0 Å². The molecule has 1 heterocycles. The number of hydrogen-bond acceptors (Lipinski definition) is 5. The van der Waals surface area contributed by atoms with Gasteiger partial charge in [0.15, 0.2) is 0 Å². The number of rotatable bonds is 6. The van der Waals surface area contributed by atoms with Crippen molar-refractivity contribution in [3.05, 3.63) is 23.2 Å². The van der Waals surface area contributed by atoms with E-state index in [0.29, 0.717) is 30.3 Å². The summed E-state index contributed by atoms with van der Waals surface area (Å²) in [6, 6.07) is 1.60. The Morgan fingerprint density at radius 3 is 2.58 bits per heavy atom. The summed E-state index contributed by atoms with van der Waals surface area (Å²) in [6.45, 7) is 4.00. The molecule has 2 N–H and O–H groups in total. The van der Waals surface area contributed by atoms with E-state index >= 15 is 0 Å².